The molecule has 2 aromatic carbocycles. The molecule has 2 aromatic rings. The van der Waals surface area contributed by atoms with E-state index < -0.39 is 17.7 Å². The molecule has 0 saturated carbocycles. The second-order valence-corrected chi connectivity index (χ2v) is 8.44. The number of aliphatic hydroxyl groups excluding tert-OH is 1. The van der Waals surface area contributed by atoms with Crippen molar-refractivity contribution in [1.82, 2.24) is 9.80 Å². The van der Waals surface area contributed by atoms with Crippen molar-refractivity contribution in [3.8, 4) is 5.75 Å². The molecule has 7 nitrogen and oxygen atoms in total. The van der Waals surface area contributed by atoms with E-state index >= 15 is 0 Å². The number of benzene rings is 2. The van der Waals surface area contributed by atoms with Gasteiger partial charge in [0.15, 0.2) is 0 Å². The summed E-state index contributed by atoms with van der Waals surface area (Å²) in [4.78, 5) is 30.1. The Morgan fingerprint density at radius 2 is 1.82 bits per heavy atom. The fourth-order valence-electron chi connectivity index (χ4n) is 4.43. The van der Waals surface area contributed by atoms with Crippen LogP contribution in [0.3, 0.4) is 0 Å². The normalized spacial score (nSPS) is 20.9. The highest BCUT2D eigenvalue weighted by atomic mass is 16.5. The van der Waals surface area contributed by atoms with Crippen molar-refractivity contribution in [3.63, 3.8) is 0 Å². The van der Waals surface area contributed by atoms with Gasteiger partial charge in [0.1, 0.15) is 11.5 Å². The maximum atomic E-state index is 13.1. The van der Waals surface area contributed by atoms with Crippen molar-refractivity contribution in [2.75, 3.05) is 46.5 Å². The molecule has 1 amide bonds. The van der Waals surface area contributed by atoms with Gasteiger partial charge < -0.3 is 19.5 Å². The van der Waals surface area contributed by atoms with E-state index in [1.54, 1.807) is 24.1 Å². The Morgan fingerprint density at radius 1 is 1.09 bits per heavy atom. The number of amides is 1. The molecule has 7 heteroatoms. The topological polar surface area (TPSA) is 79.3 Å². The first-order valence-electron chi connectivity index (χ1n) is 11.3. The van der Waals surface area contributed by atoms with Crippen LogP contribution < -0.4 is 4.74 Å². The van der Waals surface area contributed by atoms with E-state index in [-0.39, 0.29) is 11.3 Å². The highest BCUT2D eigenvalue weighted by Gasteiger charge is 2.45. The molecule has 2 aliphatic rings. The van der Waals surface area contributed by atoms with Crippen molar-refractivity contribution in [3.05, 3.63) is 70.8 Å². The van der Waals surface area contributed by atoms with Crippen molar-refractivity contribution in [2.24, 2.45) is 0 Å². The summed E-state index contributed by atoms with van der Waals surface area (Å²) >= 11 is 0. The van der Waals surface area contributed by atoms with Crippen LogP contribution >= 0.6 is 0 Å². The van der Waals surface area contributed by atoms with Gasteiger partial charge in [-0.15, -0.1) is 0 Å². The molecule has 0 bridgehead atoms. The number of methoxy groups -OCH3 is 1. The monoisotopic (exact) mass is 450 g/mol. The Balaban J connectivity index is 1.68. The Bertz CT molecular complexity index is 1040. The first-order valence-corrected chi connectivity index (χ1v) is 11.3. The number of hydrogen-bond donors (Lipinski definition) is 1. The molecule has 2 fully saturated rings. The number of morpholine rings is 1. The van der Waals surface area contributed by atoms with Gasteiger partial charge in [0.05, 0.1) is 31.9 Å². The highest BCUT2D eigenvalue weighted by molar-refractivity contribution is 6.46. The zero-order valence-corrected chi connectivity index (χ0v) is 19.1. The number of ketones is 1. The molecule has 0 aliphatic carbocycles. The summed E-state index contributed by atoms with van der Waals surface area (Å²) in [5.41, 5.74) is 2.40. The third-order valence-electron chi connectivity index (χ3n) is 6.25. The highest BCUT2D eigenvalue weighted by Crippen LogP contribution is 2.40. The summed E-state index contributed by atoms with van der Waals surface area (Å²) in [6, 6.07) is 13.9. The van der Waals surface area contributed by atoms with Crippen molar-refractivity contribution in [2.45, 2.75) is 19.4 Å². The minimum absolute atomic E-state index is 0.114. The molecule has 2 saturated heterocycles. The van der Waals surface area contributed by atoms with E-state index in [2.05, 4.69) is 4.90 Å². The van der Waals surface area contributed by atoms with Gasteiger partial charge in [-0.3, -0.25) is 14.5 Å². The minimum atomic E-state index is -0.675. The molecule has 4 rings (SSSR count). The minimum Gasteiger partial charge on any atom is -0.507 e. The van der Waals surface area contributed by atoms with Crippen LogP contribution in [0.4, 0.5) is 0 Å². The van der Waals surface area contributed by atoms with Crippen LogP contribution in [0, 0.1) is 6.92 Å². The standard InChI is InChI=1S/C26H30N2O5/c1-18-7-9-19(10-8-18)24(29)22-23(20-5-3-6-21(17-20)32-2)28(26(31)25(22)30)12-4-11-27-13-15-33-16-14-27/h3,5-10,17,23,29H,4,11-16H2,1-2H3/b24-22+/t23-/m1/s1. The average Bonchev–Trinajstić information content (AvgIpc) is 3.10. The van der Waals surface area contributed by atoms with Crippen LogP contribution in [0.2, 0.25) is 0 Å². The molecule has 1 N–H and O–H groups in total. The second-order valence-electron chi connectivity index (χ2n) is 8.44. The summed E-state index contributed by atoms with van der Waals surface area (Å²) < 4.78 is 10.8. The number of aryl methyl sites for hydroxylation is 1. The molecular weight excluding hydrogens is 420 g/mol. The Morgan fingerprint density at radius 3 is 2.52 bits per heavy atom. The molecule has 1 atom stereocenters. The lowest BCUT2D eigenvalue weighted by Crippen LogP contribution is -2.38. The summed E-state index contributed by atoms with van der Waals surface area (Å²) in [6.07, 6.45) is 0.720. The lowest BCUT2D eigenvalue weighted by Gasteiger charge is -2.29. The van der Waals surface area contributed by atoms with Gasteiger partial charge in [-0.1, -0.05) is 42.0 Å². The van der Waals surface area contributed by atoms with E-state index in [0.29, 0.717) is 31.1 Å². The quantitative estimate of drug-likeness (QED) is 0.397. The number of carbonyl (C=O) groups is 2. The average molecular weight is 451 g/mol. The number of likely N-dealkylation sites (tertiary alicyclic amines) is 1. The van der Waals surface area contributed by atoms with Gasteiger partial charge in [0, 0.05) is 31.7 Å². The van der Waals surface area contributed by atoms with Crippen molar-refractivity contribution in [1.29, 1.82) is 0 Å². The first kappa shape index (κ1) is 23.0. The molecule has 0 unspecified atom stereocenters. The summed E-state index contributed by atoms with van der Waals surface area (Å²) in [7, 11) is 1.57. The van der Waals surface area contributed by atoms with E-state index in [1.165, 1.54) is 0 Å². The predicted octanol–water partition coefficient (Wildman–Crippen LogP) is 3.15. The molecule has 2 heterocycles. The fourth-order valence-corrected chi connectivity index (χ4v) is 4.43. The van der Waals surface area contributed by atoms with Gasteiger partial charge in [0.25, 0.3) is 11.7 Å². The van der Waals surface area contributed by atoms with Gasteiger partial charge >= 0.3 is 0 Å². The van der Waals surface area contributed by atoms with E-state index in [9.17, 15) is 14.7 Å². The summed E-state index contributed by atoms with van der Waals surface area (Å²) in [5, 5.41) is 11.1. The maximum Gasteiger partial charge on any atom is 0.295 e. The van der Waals surface area contributed by atoms with E-state index in [4.69, 9.17) is 9.47 Å². The molecule has 2 aliphatic heterocycles. The predicted molar refractivity (Wildman–Crippen MR) is 125 cm³/mol. The largest absolute Gasteiger partial charge is 0.507 e. The zero-order chi connectivity index (χ0) is 23.4. The maximum absolute atomic E-state index is 13.1. The van der Waals surface area contributed by atoms with Crippen LogP contribution in [0.1, 0.15) is 29.2 Å². The van der Waals surface area contributed by atoms with Crippen LogP contribution in [0.15, 0.2) is 54.1 Å². The van der Waals surface area contributed by atoms with Crippen LogP contribution in [0.5, 0.6) is 5.75 Å². The van der Waals surface area contributed by atoms with E-state index in [0.717, 1.165) is 37.2 Å². The number of hydrogen-bond acceptors (Lipinski definition) is 6. The lowest BCUT2D eigenvalue weighted by atomic mass is 9.95. The van der Waals surface area contributed by atoms with Gasteiger partial charge in [-0.2, -0.15) is 0 Å². The van der Waals surface area contributed by atoms with Crippen LogP contribution in [-0.2, 0) is 14.3 Å². The SMILES string of the molecule is COc1cccc([C@@H]2/C(=C(\O)c3ccc(C)cc3)C(=O)C(=O)N2CCCN2CCOCC2)c1. The number of nitrogens with zero attached hydrogens (tertiary/aromatic N) is 2. The Kier molecular flexibility index (Phi) is 7.11. The van der Waals surface area contributed by atoms with Gasteiger partial charge in [0.2, 0.25) is 0 Å². The van der Waals surface area contributed by atoms with Crippen molar-refractivity contribution >= 4 is 17.4 Å². The first-order chi connectivity index (χ1) is 16.0. The van der Waals surface area contributed by atoms with E-state index in [1.807, 2.05) is 43.3 Å². The number of aliphatic hydroxyl groups is 1. The Labute approximate surface area is 194 Å². The van der Waals surface area contributed by atoms with Crippen LogP contribution in [-0.4, -0.2) is 73.1 Å². The second kappa shape index (κ2) is 10.2. The van der Waals surface area contributed by atoms with Crippen molar-refractivity contribution < 1.29 is 24.2 Å². The molecular formula is C26H30N2O5. The molecule has 33 heavy (non-hydrogen) atoms. The summed E-state index contributed by atoms with van der Waals surface area (Å²) in [6.45, 7) is 6.34. The van der Waals surface area contributed by atoms with Crippen LogP contribution in [0.25, 0.3) is 5.76 Å². The number of Topliss-reactive ketones (excluding diaryl/α,β-unsaturated/α-hetero) is 1. The molecule has 0 aromatic heterocycles. The third-order valence-corrected chi connectivity index (χ3v) is 6.25. The molecule has 0 spiro atoms. The smallest absolute Gasteiger partial charge is 0.295 e. The summed E-state index contributed by atoms with van der Waals surface area (Å²) in [5.74, 6) is -0.774. The Hall–Kier alpha value is -3.16. The molecule has 0 radical (unpaired) electrons. The van der Waals surface area contributed by atoms with Gasteiger partial charge in [-0.05, 0) is 31.0 Å². The number of carbonyl (C=O) groups excluding carboxylic acids is 2. The number of rotatable bonds is 7. The lowest BCUT2D eigenvalue weighted by molar-refractivity contribution is -0.140. The zero-order valence-electron chi connectivity index (χ0n) is 19.1. The fraction of sp³-hybridized carbons (Fsp3) is 0.385. The molecule has 174 valence electrons. The third kappa shape index (κ3) is 4.94. The van der Waals surface area contributed by atoms with Gasteiger partial charge in [-0.25, -0.2) is 0 Å². The number of ether oxygens (including phenoxy) is 2.